The molecule has 2 heterocycles. The number of hydrogen-bond donors (Lipinski definition) is 1. The van der Waals surface area contributed by atoms with E-state index in [1.54, 1.807) is 13.2 Å². The highest BCUT2D eigenvalue weighted by molar-refractivity contribution is 5.68. The lowest BCUT2D eigenvalue weighted by Crippen LogP contribution is -2.30. The van der Waals surface area contributed by atoms with Gasteiger partial charge in [0.2, 0.25) is 0 Å². The maximum Gasteiger partial charge on any atom is 0.316 e. The highest BCUT2D eigenvalue weighted by atomic mass is 16.5. The summed E-state index contributed by atoms with van der Waals surface area (Å²) in [6, 6.07) is 16.4. The van der Waals surface area contributed by atoms with Crippen LogP contribution in [-0.4, -0.2) is 39.6 Å². The average Bonchev–Trinajstić information content (AvgIpc) is 2.86. The molecule has 0 saturated carbocycles. The SMILES string of the molecule is C=C[C@@H](CC(=O)O)c1ccc(OCc2cccc(CN3CCc4nc(OC)ncc4C3)c2)cc1. The first-order valence-corrected chi connectivity index (χ1v) is 11.3. The van der Waals surface area contributed by atoms with Crippen molar-refractivity contribution in [1.82, 2.24) is 14.9 Å². The number of carbonyl (C=O) groups is 1. The first kappa shape index (κ1) is 23.4. The number of ether oxygens (including phenoxy) is 2. The van der Waals surface area contributed by atoms with E-state index in [9.17, 15) is 4.79 Å². The van der Waals surface area contributed by atoms with E-state index in [0.717, 1.165) is 54.2 Å². The van der Waals surface area contributed by atoms with Crippen molar-refractivity contribution in [3.05, 3.63) is 95.3 Å². The Labute approximate surface area is 199 Å². The molecule has 7 nitrogen and oxygen atoms in total. The number of hydrogen-bond acceptors (Lipinski definition) is 6. The zero-order valence-electron chi connectivity index (χ0n) is 19.3. The van der Waals surface area contributed by atoms with Gasteiger partial charge in [0.1, 0.15) is 12.4 Å². The maximum atomic E-state index is 11.0. The molecular formula is C27H29N3O4. The summed E-state index contributed by atoms with van der Waals surface area (Å²) in [4.78, 5) is 22.1. The minimum absolute atomic E-state index is 0.0281. The summed E-state index contributed by atoms with van der Waals surface area (Å²) in [5, 5.41) is 9.04. The second-order valence-electron chi connectivity index (χ2n) is 8.41. The minimum atomic E-state index is -0.840. The number of nitrogens with zero attached hydrogens (tertiary/aromatic N) is 3. The van der Waals surface area contributed by atoms with Crippen LogP contribution in [0.5, 0.6) is 11.8 Å². The zero-order valence-corrected chi connectivity index (χ0v) is 19.3. The van der Waals surface area contributed by atoms with E-state index in [2.05, 4.69) is 45.7 Å². The molecule has 7 heteroatoms. The number of aromatic nitrogens is 2. The van der Waals surface area contributed by atoms with Gasteiger partial charge in [-0.1, -0.05) is 42.5 Å². The zero-order chi connectivity index (χ0) is 23.9. The Morgan fingerprint density at radius 3 is 2.76 bits per heavy atom. The number of aliphatic carboxylic acids is 1. The largest absolute Gasteiger partial charge is 0.489 e. The molecule has 4 rings (SSSR count). The quantitative estimate of drug-likeness (QED) is 0.451. The van der Waals surface area contributed by atoms with Crippen molar-refractivity contribution in [3.8, 4) is 11.8 Å². The van der Waals surface area contributed by atoms with E-state index in [1.165, 1.54) is 5.56 Å². The van der Waals surface area contributed by atoms with Crippen molar-refractivity contribution >= 4 is 5.97 Å². The van der Waals surface area contributed by atoms with Crippen molar-refractivity contribution in [2.45, 2.75) is 38.5 Å². The number of allylic oxidation sites excluding steroid dienone is 1. The summed E-state index contributed by atoms with van der Waals surface area (Å²) in [5.74, 6) is -0.304. The molecule has 34 heavy (non-hydrogen) atoms. The monoisotopic (exact) mass is 459 g/mol. The molecule has 0 spiro atoms. The third-order valence-electron chi connectivity index (χ3n) is 5.96. The summed E-state index contributed by atoms with van der Waals surface area (Å²) >= 11 is 0. The van der Waals surface area contributed by atoms with Crippen LogP contribution in [0.15, 0.2) is 67.4 Å². The Bertz CT molecular complexity index is 1150. The Balaban J connectivity index is 1.33. The Morgan fingerprint density at radius 1 is 1.24 bits per heavy atom. The van der Waals surface area contributed by atoms with Crippen molar-refractivity contribution in [3.63, 3.8) is 0 Å². The molecule has 0 aliphatic carbocycles. The van der Waals surface area contributed by atoms with Gasteiger partial charge in [-0.15, -0.1) is 6.58 Å². The Hall–Kier alpha value is -3.71. The van der Waals surface area contributed by atoms with Crippen molar-refractivity contribution < 1.29 is 19.4 Å². The van der Waals surface area contributed by atoms with Gasteiger partial charge in [0, 0.05) is 43.7 Å². The van der Waals surface area contributed by atoms with E-state index < -0.39 is 5.97 Å². The van der Waals surface area contributed by atoms with Gasteiger partial charge in [0.05, 0.1) is 19.2 Å². The van der Waals surface area contributed by atoms with Crippen LogP contribution in [0.2, 0.25) is 0 Å². The highest BCUT2D eigenvalue weighted by Gasteiger charge is 2.19. The summed E-state index contributed by atoms with van der Waals surface area (Å²) in [6.45, 7) is 6.82. The van der Waals surface area contributed by atoms with Crippen LogP contribution >= 0.6 is 0 Å². The number of carboxylic acid groups (broad SMARTS) is 1. The van der Waals surface area contributed by atoms with Crippen molar-refractivity contribution in [2.75, 3.05) is 13.7 Å². The maximum absolute atomic E-state index is 11.0. The second kappa shape index (κ2) is 10.9. The molecule has 2 aromatic carbocycles. The predicted octanol–water partition coefficient (Wildman–Crippen LogP) is 4.37. The fourth-order valence-electron chi connectivity index (χ4n) is 4.17. The van der Waals surface area contributed by atoms with Gasteiger partial charge >= 0.3 is 12.0 Å². The standard InChI is InChI=1S/C27H29N3O4/c1-3-21(14-26(31)32)22-7-9-24(10-8-22)34-18-20-6-4-5-19(13-20)16-30-12-11-25-23(17-30)15-28-27(29-25)33-2/h3-10,13,15,21H,1,11-12,14,16-18H2,2H3,(H,31,32)/t21-/m0/s1. The Morgan fingerprint density at radius 2 is 2.03 bits per heavy atom. The molecule has 1 aromatic heterocycles. The Kier molecular flexibility index (Phi) is 7.54. The molecule has 0 saturated heterocycles. The molecule has 0 fully saturated rings. The van der Waals surface area contributed by atoms with Crippen LogP contribution in [0.3, 0.4) is 0 Å². The third-order valence-corrected chi connectivity index (χ3v) is 5.96. The molecule has 0 radical (unpaired) electrons. The van der Waals surface area contributed by atoms with Gasteiger partial charge < -0.3 is 14.6 Å². The van der Waals surface area contributed by atoms with Gasteiger partial charge in [-0.25, -0.2) is 4.98 Å². The molecule has 1 atom stereocenters. The molecule has 1 N–H and O–H groups in total. The molecule has 0 bridgehead atoms. The second-order valence-corrected chi connectivity index (χ2v) is 8.41. The van der Waals surface area contributed by atoms with Gasteiger partial charge in [-0.05, 0) is 28.8 Å². The van der Waals surface area contributed by atoms with Crippen LogP contribution in [0.1, 0.15) is 40.3 Å². The van der Waals surface area contributed by atoms with E-state index in [1.807, 2.05) is 30.5 Å². The molecule has 0 amide bonds. The van der Waals surface area contributed by atoms with Crippen LogP contribution in [-0.2, 0) is 30.9 Å². The first-order valence-electron chi connectivity index (χ1n) is 11.3. The summed E-state index contributed by atoms with van der Waals surface area (Å²) in [6.07, 6.45) is 4.44. The average molecular weight is 460 g/mol. The molecule has 176 valence electrons. The lowest BCUT2D eigenvalue weighted by molar-refractivity contribution is -0.137. The van der Waals surface area contributed by atoms with Crippen LogP contribution in [0.25, 0.3) is 0 Å². The number of fused-ring (bicyclic) bond motifs is 1. The van der Waals surface area contributed by atoms with Crippen LogP contribution < -0.4 is 9.47 Å². The number of carboxylic acids is 1. The van der Waals surface area contributed by atoms with Gasteiger partial charge in [-0.3, -0.25) is 9.69 Å². The van der Waals surface area contributed by atoms with Gasteiger partial charge in [-0.2, -0.15) is 4.98 Å². The number of rotatable bonds is 10. The fraction of sp³-hybridized carbons (Fsp3) is 0.296. The van der Waals surface area contributed by atoms with E-state index in [-0.39, 0.29) is 12.3 Å². The molecule has 0 unspecified atom stereocenters. The van der Waals surface area contributed by atoms with Gasteiger partial charge in [0.25, 0.3) is 0 Å². The molecular weight excluding hydrogens is 430 g/mol. The third kappa shape index (κ3) is 5.99. The number of methoxy groups -OCH3 is 1. The van der Waals surface area contributed by atoms with Crippen LogP contribution in [0.4, 0.5) is 0 Å². The normalized spacial score (nSPS) is 14.1. The van der Waals surface area contributed by atoms with Crippen molar-refractivity contribution in [1.29, 1.82) is 0 Å². The van der Waals surface area contributed by atoms with E-state index >= 15 is 0 Å². The predicted molar refractivity (Wildman–Crippen MR) is 129 cm³/mol. The number of benzene rings is 2. The fourth-order valence-corrected chi connectivity index (χ4v) is 4.17. The molecule has 3 aromatic rings. The topological polar surface area (TPSA) is 84.8 Å². The lowest BCUT2D eigenvalue weighted by atomic mass is 9.96. The minimum Gasteiger partial charge on any atom is -0.489 e. The van der Waals surface area contributed by atoms with E-state index in [4.69, 9.17) is 14.6 Å². The van der Waals surface area contributed by atoms with Gasteiger partial charge in [0.15, 0.2) is 0 Å². The molecule has 1 aliphatic rings. The summed E-state index contributed by atoms with van der Waals surface area (Å²) in [7, 11) is 1.59. The smallest absolute Gasteiger partial charge is 0.316 e. The first-order chi connectivity index (χ1) is 16.5. The highest BCUT2D eigenvalue weighted by Crippen LogP contribution is 2.24. The molecule has 1 aliphatic heterocycles. The summed E-state index contributed by atoms with van der Waals surface area (Å²) < 4.78 is 11.1. The van der Waals surface area contributed by atoms with Crippen molar-refractivity contribution in [2.24, 2.45) is 0 Å². The van der Waals surface area contributed by atoms with Crippen LogP contribution in [0, 0.1) is 0 Å². The summed E-state index contributed by atoms with van der Waals surface area (Å²) in [5.41, 5.74) is 5.47. The van der Waals surface area contributed by atoms with E-state index in [0.29, 0.717) is 12.6 Å². The lowest BCUT2D eigenvalue weighted by Gasteiger charge is -2.28.